The number of aromatic nitrogens is 2. The molecule has 1 aliphatic heterocycles. The van der Waals surface area contributed by atoms with Crippen LogP contribution in [0.3, 0.4) is 0 Å². The van der Waals surface area contributed by atoms with Gasteiger partial charge in [-0.1, -0.05) is 12.1 Å². The fourth-order valence-corrected chi connectivity index (χ4v) is 4.20. The van der Waals surface area contributed by atoms with Crippen molar-refractivity contribution in [3.8, 4) is 17.2 Å². The SMILES string of the molecule is Br.COc1ccccc1N1CCN(CCn2c(=O)[nH]c3ccc(OC)c(OC)c3c2=O)CC1. The summed E-state index contributed by atoms with van der Waals surface area (Å²) in [5.41, 5.74) is 0.701. The third-order valence-corrected chi connectivity index (χ3v) is 5.93. The minimum Gasteiger partial charge on any atom is -0.495 e. The second-order valence-electron chi connectivity index (χ2n) is 7.61. The van der Waals surface area contributed by atoms with Crippen molar-refractivity contribution >= 4 is 33.6 Å². The van der Waals surface area contributed by atoms with Gasteiger partial charge in [-0.15, -0.1) is 17.0 Å². The topological polar surface area (TPSA) is 89.0 Å². The summed E-state index contributed by atoms with van der Waals surface area (Å²) in [6.45, 7) is 4.23. The maximum Gasteiger partial charge on any atom is 0.328 e. The number of nitrogens with zero attached hydrogens (tertiary/aromatic N) is 3. The van der Waals surface area contributed by atoms with Crippen LogP contribution in [0.2, 0.25) is 0 Å². The van der Waals surface area contributed by atoms with Crippen LogP contribution in [0.15, 0.2) is 46.0 Å². The van der Waals surface area contributed by atoms with Gasteiger partial charge < -0.3 is 24.1 Å². The molecule has 1 saturated heterocycles. The molecule has 0 radical (unpaired) electrons. The number of hydrogen-bond donors (Lipinski definition) is 1. The molecule has 0 amide bonds. The monoisotopic (exact) mass is 520 g/mol. The molecule has 33 heavy (non-hydrogen) atoms. The van der Waals surface area contributed by atoms with Crippen molar-refractivity contribution in [2.45, 2.75) is 6.54 Å². The quantitative estimate of drug-likeness (QED) is 0.510. The second kappa shape index (κ2) is 10.8. The molecule has 10 heteroatoms. The molecular formula is C23H29BrN4O5. The Bertz CT molecular complexity index is 1220. The molecule has 1 aromatic heterocycles. The predicted octanol–water partition coefficient (Wildman–Crippen LogP) is 2.12. The van der Waals surface area contributed by atoms with Crippen LogP contribution in [0.5, 0.6) is 17.2 Å². The number of rotatable bonds is 7. The van der Waals surface area contributed by atoms with Gasteiger partial charge in [-0.3, -0.25) is 14.3 Å². The zero-order chi connectivity index (χ0) is 22.7. The molecule has 0 atom stereocenters. The van der Waals surface area contributed by atoms with E-state index in [9.17, 15) is 9.59 Å². The molecule has 1 aliphatic rings. The van der Waals surface area contributed by atoms with Crippen LogP contribution in [-0.4, -0.2) is 68.5 Å². The first-order valence-corrected chi connectivity index (χ1v) is 10.6. The molecule has 3 aromatic rings. The largest absolute Gasteiger partial charge is 0.495 e. The Kier molecular flexibility index (Phi) is 8.04. The number of anilines is 1. The normalized spacial score (nSPS) is 14.1. The van der Waals surface area contributed by atoms with Crippen LogP contribution in [-0.2, 0) is 6.54 Å². The van der Waals surface area contributed by atoms with Crippen molar-refractivity contribution in [3.63, 3.8) is 0 Å². The van der Waals surface area contributed by atoms with Crippen molar-refractivity contribution in [2.24, 2.45) is 0 Å². The first-order chi connectivity index (χ1) is 15.6. The molecule has 178 valence electrons. The number of aromatic amines is 1. The number of para-hydroxylation sites is 2. The van der Waals surface area contributed by atoms with Crippen LogP contribution in [0.25, 0.3) is 10.9 Å². The van der Waals surface area contributed by atoms with E-state index in [0.717, 1.165) is 37.6 Å². The van der Waals surface area contributed by atoms with Gasteiger partial charge in [-0.05, 0) is 24.3 Å². The Balaban J connectivity index is 0.00000306. The average molecular weight is 521 g/mol. The highest BCUT2D eigenvalue weighted by atomic mass is 79.9. The number of hydrogen-bond acceptors (Lipinski definition) is 7. The van der Waals surface area contributed by atoms with E-state index in [1.165, 1.54) is 18.8 Å². The highest BCUT2D eigenvalue weighted by molar-refractivity contribution is 8.93. The summed E-state index contributed by atoms with van der Waals surface area (Å²) in [5, 5.41) is 0.312. The minimum absolute atomic E-state index is 0. The molecule has 2 heterocycles. The summed E-state index contributed by atoms with van der Waals surface area (Å²) in [6, 6.07) is 11.3. The van der Waals surface area contributed by atoms with Gasteiger partial charge in [0, 0.05) is 39.3 Å². The summed E-state index contributed by atoms with van der Waals surface area (Å²) >= 11 is 0. The van der Waals surface area contributed by atoms with E-state index in [1.54, 1.807) is 19.2 Å². The summed E-state index contributed by atoms with van der Waals surface area (Å²) in [6.07, 6.45) is 0. The molecular weight excluding hydrogens is 492 g/mol. The summed E-state index contributed by atoms with van der Waals surface area (Å²) < 4.78 is 17.4. The maximum atomic E-state index is 13.1. The van der Waals surface area contributed by atoms with Crippen molar-refractivity contribution < 1.29 is 14.2 Å². The van der Waals surface area contributed by atoms with E-state index < -0.39 is 5.69 Å². The molecule has 1 N–H and O–H groups in total. The summed E-state index contributed by atoms with van der Waals surface area (Å²) in [4.78, 5) is 33.1. The Hall–Kier alpha value is -2.98. The van der Waals surface area contributed by atoms with Crippen LogP contribution >= 0.6 is 17.0 Å². The molecule has 0 bridgehead atoms. The van der Waals surface area contributed by atoms with E-state index in [2.05, 4.69) is 20.9 Å². The Morgan fingerprint density at radius 1 is 0.848 bits per heavy atom. The van der Waals surface area contributed by atoms with Gasteiger partial charge in [0.2, 0.25) is 0 Å². The van der Waals surface area contributed by atoms with Crippen molar-refractivity contribution in [1.29, 1.82) is 0 Å². The highest BCUT2D eigenvalue weighted by Gasteiger charge is 2.21. The predicted molar refractivity (Wildman–Crippen MR) is 134 cm³/mol. The number of benzene rings is 2. The van der Waals surface area contributed by atoms with Gasteiger partial charge >= 0.3 is 5.69 Å². The average Bonchev–Trinajstić information content (AvgIpc) is 2.83. The number of nitrogens with one attached hydrogen (secondary N) is 1. The molecule has 0 aliphatic carbocycles. The number of piperazine rings is 1. The molecule has 1 fully saturated rings. The Morgan fingerprint density at radius 2 is 1.55 bits per heavy atom. The Labute approximate surface area is 202 Å². The lowest BCUT2D eigenvalue weighted by Crippen LogP contribution is -2.48. The van der Waals surface area contributed by atoms with Gasteiger partial charge in [-0.25, -0.2) is 4.79 Å². The third kappa shape index (κ3) is 4.86. The number of H-pyrrole nitrogens is 1. The van der Waals surface area contributed by atoms with Crippen LogP contribution in [0, 0.1) is 0 Å². The molecule has 0 spiro atoms. The van der Waals surface area contributed by atoms with Gasteiger partial charge in [0.05, 0.1) is 32.5 Å². The van der Waals surface area contributed by atoms with E-state index in [0.29, 0.717) is 35.5 Å². The third-order valence-electron chi connectivity index (χ3n) is 5.93. The highest BCUT2D eigenvalue weighted by Crippen LogP contribution is 2.32. The lowest BCUT2D eigenvalue weighted by Gasteiger charge is -2.36. The number of halogens is 1. The molecule has 0 unspecified atom stereocenters. The zero-order valence-electron chi connectivity index (χ0n) is 19.0. The van der Waals surface area contributed by atoms with Crippen molar-refractivity contribution in [3.05, 3.63) is 57.2 Å². The molecule has 0 saturated carbocycles. The molecule has 2 aromatic carbocycles. The van der Waals surface area contributed by atoms with Crippen LogP contribution < -0.4 is 30.4 Å². The number of methoxy groups -OCH3 is 3. The lowest BCUT2D eigenvalue weighted by molar-refractivity contribution is 0.245. The fraction of sp³-hybridized carbons (Fsp3) is 0.391. The first-order valence-electron chi connectivity index (χ1n) is 10.6. The Morgan fingerprint density at radius 3 is 2.21 bits per heavy atom. The molecule has 4 rings (SSSR count). The summed E-state index contributed by atoms with van der Waals surface area (Å²) in [5.74, 6) is 1.63. The van der Waals surface area contributed by atoms with Gasteiger partial charge in [0.15, 0.2) is 11.5 Å². The van der Waals surface area contributed by atoms with E-state index in [-0.39, 0.29) is 22.5 Å². The fourth-order valence-electron chi connectivity index (χ4n) is 4.20. The maximum absolute atomic E-state index is 13.1. The smallest absolute Gasteiger partial charge is 0.328 e. The van der Waals surface area contributed by atoms with Crippen LogP contribution in [0.4, 0.5) is 5.69 Å². The van der Waals surface area contributed by atoms with E-state index in [4.69, 9.17) is 14.2 Å². The molecule has 9 nitrogen and oxygen atoms in total. The van der Waals surface area contributed by atoms with Gasteiger partial charge in [-0.2, -0.15) is 0 Å². The van der Waals surface area contributed by atoms with E-state index in [1.807, 2.05) is 18.2 Å². The first kappa shape index (κ1) is 24.7. The van der Waals surface area contributed by atoms with E-state index >= 15 is 0 Å². The van der Waals surface area contributed by atoms with Gasteiger partial charge in [0.25, 0.3) is 5.56 Å². The lowest BCUT2D eigenvalue weighted by atomic mass is 10.2. The van der Waals surface area contributed by atoms with Crippen molar-refractivity contribution in [2.75, 3.05) is 59.0 Å². The van der Waals surface area contributed by atoms with Crippen molar-refractivity contribution in [1.82, 2.24) is 14.5 Å². The minimum atomic E-state index is -0.428. The van der Waals surface area contributed by atoms with Gasteiger partial charge in [0.1, 0.15) is 11.1 Å². The standard InChI is InChI=1S/C23H28N4O5.BrH/c1-30-18-7-5-4-6-17(18)26-13-10-25(11-14-26)12-15-27-22(28)20-16(24-23(27)29)8-9-19(31-2)21(20)32-3;/h4-9H,10-15H2,1-3H3,(H,24,29);1H. The number of fused-ring (bicyclic) bond motifs is 1. The second-order valence-corrected chi connectivity index (χ2v) is 7.61. The number of ether oxygens (including phenoxy) is 3. The van der Waals surface area contributed by atoms with Crippen LogP contribution in [0.1, 0.15) is 0 Å². The summed E-state index contributed by atoms with van der Waals surface area (Å²) in [7, 11) is 4.67. The zero-order valence-corrected chi connectivity index (χ0v) is 20.7.